The van der Waals surface area contributed by atoms with Gasteiger partial charge in [-0.2, -0.15) is 13.2 Å². The van der Waals surface area contributed by atoms with E-state index in [1.165, 1.54) is 4.90 Å². The summed E-state index contributed by atoms with van der Waals surface area (Å²) >= 11 is 0. The van der Waals surface area contributed by atoms with Crippen molar-refractivity contribution in [3.8, 4) is 0 Å². The third-order valence-electron chi connectivity index (χ3n) is 4.97. The highest BCUT2D eigenvalue weighted by atomic mass is 19.4. The Morgan fingerprint density at radius 1 is 1.32 bits per heavy atom. The smallest absolute Gasteiger partial charge is 0.346 e. The molecule has 1 aliphatic carbocycles. The number of anilines is 1. The number of aromatic nitrogens is 2. The van der Waals surface area contributed by atoms with Crippen molar-refractivity contribution < 1.29 is 22.8 Å². The second-order valence-electron chi connectivity index (χ2n) is 7.18. The van der Waals surface area contributed by atoms with Gasteiger partial charge in [-0.25, -0.2) is 4.98 Å². The van der Waals surface area contributed by atoms with Gasteiger partial charge in [0, 0.05) is 37.0 Å². The Balaban J connectivity index is 1.51. The molecule has 4 rings (SSSR count). The van der Waals surface area contributed by atoms with Crippen molar-refractivity contribution in [1.82, 2.24) is 14.9 Å². The van der Waals surface area contributed by atoms with Crippen molar-refractivity contribution >= 4 is 34.2 Å². The van der Waals surface area contributed by atoms with Gasteiger partial charge in [0.1, 0.15) is 11.5 Å². The second kappa shape index (κ2) is 6.96. The van der Waals surface area contributed by atoms with E-state index >= 15 is 0 Å². The number of nitrogens with zero attached hydrogens (tertiary/aromatic N) is 2. The lowest BCUT2D eigenvalue weighted by molar-refractivity contribution is -0.148. The molecular formula is C19H19F3N4O2. The molecule has 1 fully saturated rings. The lowest BCUT2D eigenvalue weighted by Crippen LogP contribution is -2.29. The first-order valence-electron chi connectivity index (χ1n) is 9.13. The number of nitrogens with one attached hydrogen (secondary N) is 2. The highest BCUT2D eigenvalue weighted by molar-refractivity contribution is 5.98. The van der Waals surface area contributed by atoms with E-state index in [0.29, 0.717) is 11.5 Å². The fourth-order valence-electron chi connectivity index (χ4n) is 3.29. The van der Waals surface area contributed by atoms with Crippen LogP contribution in [0.25, 0.3) is 16.6 Å². The van der Waals surface area contributed by atoms with E-state index in [1.807, 2.05) is 12.1 Å². The fraction of sp³-hybridized carbons (Fsp3) is 0.421. The third-order valence-corrected chi connectivity index (χ3v) is 4.97. The summed E-state index contributed by atoms with van der Waals surface area (Å²) in [6.07, 6.45) is -0.694. The Hall–Kier alpha value is -2.84. The number of alkyl halides is 3. The first-order chi connectivity index (χ1) is 13.3. The minimum absolute atomic E-state index is 0.0389. The quantitative estimate of drug-likeness (QED) is 0.818. The first-order valence-corrected chi connectivity index (χ1v) is 9.13. The number of carbonyl (C=O) groups excluding carboxylic acids is 2. The van der Waals surface area contributed by atoms with Crippen molar-refractivity contribution in [3.05, 3.63) is 30.0 Å². The minimum atomic E-state index is -4.34. The number of rotatable bonds is 5. The zero-order chi connectivity index (χ0) is 19.9. The number of aromatic amines is 1. The Morgan fingerprint density at radius 3 is 2.82 bits per heavy atom. The topological polar surface area (TPSA) is 78.1 Å². The number of hydrogen-bond acceptors (Lipinski definition) is 3. The highest BCUT2D eigenvalue weighted by Crippen LogP contribution is 2.33. The number of hydrogen-bond donors (Lipinski definition) is 2. The van der Waals surface area contributed by atoms with Gasteiger partial charge in [0.2, 0.25) is 11.8 Å². The molecule has 0 spiro atoms. The maximum atomic E-state index is 12.4. The van der Waals surface area contributed by atoms with Gasteiger partial charge >= 0.3 is 6.18 Å². The van der Waals surface area contributed by atoms with Crippen LogP contribution in [0.3, 0.4) is 0 Å². The normalized spacial score (nSPS) is 17.1. The second-order valence-corrected chi connectivity index (χ2v) is 7.18. The number of pyridine rings is 1. The summed E-state index contributed by atoms with van der Waals surface area (Å²) in [5.74, 6) is -0.124. The van der Waals surface area contributed by atoms with Gasteiger partial charge in [-0.05, 0) is 36.1 Å². The molecule has 148 valence electrons. The molecule has 2 aliphatic rings. The summed E-state index contributed by atoms with van der Waals surface area (Å²) in [4.78, 5) is 33.0. The van der Waals surface area contributed by atoms with Gasteiger partial charge in [-0.3, -0.25) is 9.59 Å². The summed E-state index contributed by atoms with van der Waals surface area (Å²) in [6.45, 7) is 0.501. The van der Waals surface area contributed by atoms with Crippen molar-refractivity contribution in [2.45, 2.75) is 31.9 Å². The Morgan fingerprint density at radius 2 is 2.11 bits per heavy atom. The molecule has 0 unspecified atom stereocenters. The molecule has 0 atom stereocenters. The molecule has 2 aromatic heterocycles. The molecule has 0 radical (unpaired) electrons. The number of H-pyrrole nitrogens is 1. The largest absolute Gasteiger partial charge is 0.389 e. The van der Waals surface area contributed by atoms with Gasteiger partial charge in [0.05, 0.1) is 6.42 Å². The maximum absolute atomic E-state index is 12.4. The maximum Gasteiger partial charge on any atom is 0.389 e. The SMILES string of the molecule is O=C(Nc1cc(C2=CCN(C(=O)CCC(F)(F)F)C2)c2cc[nH]c2n1)C1CC1. The molecule has 2 aromatic rings. The molecule has 3 heterocycles. The molecule has 2 N–H and O–H groups in total. The number of amides is 2. The van der Waals surface area contributed by atoms with Crippen LogP contribution in [-0.4, -0.2) is 45.9 Å². The Bertz CT molecular complexity index is 960. The van der Waals surface area contributed by atoms with E-state index in [4.69, 9.17) is 0 Å². The van der Waals surface area contributed by atoms with Crippen LogP contribution in [0.1, 0.15) is 31.2 Å². The van der Waals surface area contributed by atoms with Crippen LogP contribution in [0.5, 0.6) is 0 Å². The van der Waals surface area contributed by atoms with Gasteiger partial charge in [-0.1, -0.05) is 6.08 Å². The zero-order valence-corrected chi connectivity index (χ0v) is 15.0. The van der Waals surface area contributed by atoms with Gasteiger partial charge in [0.25, 0.3) is 0 Å². The van der Waals surface area contributed by atoms with Gasteiger partial charge in [0.15, 0.2) is 0 Å². The van der Waals surface area contributed by atoms with E-state index in [1.54, 1.807) is 12.3 Å². The number of halogens is 3. The van der Waals surface area contributed by atoms with E-state index in [9.17, 15) is 22.8 Å². The van der Waals surface area contributed by atoms with Crippen LogP contribution in [0.4, 0.5) is 19.0 Å². The number of fused-ring (bicyclic) bond motifs is 1. The fourth-order valence-corrected chi connectivity index (χ4v) is 3.29. The summed E-state index contributed by atoms with van der Waals surface area (Å²) in [6, 6.07) is 3.60. The molecule has 0 bridgehead atoms. The predicted molar refractivity (Wildman–Crippen MR) is 97.3 cm³/mol. The van der Waals surface area contributed by atoms with E-state index in [0.717, 1.165) is 29.4 Å². The third kappa shape index (κ3) is 4.02. The molecule has 0 aromatic carbocycles. The Kier molecular flexibility index (Phi) is 4.60. The average molecular weight is 392 g/mol. The van der Waals surface area contributed by atoms with Crippen LogP contribution >= 0.6 is 0 Å². The van der Waals surface area contributed by atoms with E-state index in [-0.39, 0.29) is 24.9 Å². The number of carbonyl (C=O) groups is 2. The summed E-state index contributed by atoms with van der Waals surface area (Å²) in [7, 11) is 0. The first kappa shape index (κ1) is 18.5. The molecule has 2 amide bonds. The Labute approximate surface area is 158 Å². The molecular weight excluding hydrogens is 373 g/mol. The van der Waals surface area contributed by atoms with Crippen molar-refractivity contribution in [3.63, 3.8) is 0 Å². The molecule has 28 heavy (non-hydrogen) atoms. The minimum Gasteiger partial charge on any atom is -0.346 e. The molecule has 1 aliphatic heterocycles. The van der Waals surface area contributed by atoms with Crippen molar-refractivity contribution in [1.29, 1.82) is 0 Å². The molecule has 9 heteroatoms. The van der Waals surface area contributed by atoms with Crippen LogP contribution in [0.2, 0.25) is 0 Å². The summed E-state index contributed by atoms with van der Waals surface area (Å²) < 4.78 is 37.1. The van der Waals surface area contributed by atoms with E-state index in [2.05, 4.69) is 15.3 Å². The standard InChI is InChI=1S/C19H19F3N4O2/c20-19(21,22)6-3-16(27)26-8-5-12(10-26)14-9-15(25-18(28)11-1-2-11)24-17-13(14)4-7-23-17/h4-5,7,9,11H,1-3,6,8,10H2,(H2,23,24,25,28). The van der Waals surface area contributed by atoms with Crippen LogP contribution in [-0.2, 0) is 9.59 Å². The van der Waals surface area contributed by atoms with Gasteiger partial charge < -0.3 is 15.2 Å². The van der Waals surface area contributed by atoms with Crippen LogP contribution in [0.15, 0.2) is 24.4 Å². The van der Waals surface area contributed by atoms with E-state index < -0.39 is 24.9 Å². The summed E-state index contributed by atoms with van der Waals surface area (Å²) in [5, 5.41) is 3.65. The molecule has 6 nitrogen and oxygen atoms in total. The lowest BCUT2D eigenvalue weighted by atomic mass is 10.0. The molecule has 0 saturated heterocycles. The van der Waals surface area contributed by atoms with Crippen LogP contribution in [0, 0.1) is 5.92 Å². The van der Waals surface area contributed by atoms with Gasteiger partial charge in [-0.15, -0.1) is 0 Å². The van der Waals surface area contributed by atoms with Crippen LogP contribution < -0.4 is 5.32 Å². The zero-order valence-electron chi connectivity index (χ0n) is 15.0. The molecule has 1 saturated carbocycles. The lowest BCUT2D eigenvalue weighted by Gasteiger charge is -2.17. The van der Waals surface area contributed by atoms with Crippen molar-refractivity contribution in [2.75, 3.05) is 18.4 Å². The summed E-state index contributed by atoms with van der Waals surface area (Å²) in [5.41, 5.74) is 2.24. The predicted octanol–water partition coefficient (Wildman–Crippen LogP) is 3.48. The average Bonchev–Trinajstić information content (AvgIpc) is 3.18. The van der Waals surface area contributed by atoms with Crippen molar-refractivity contribution in [2.24, 2.45) is 5.92 Å². The highest BCUT2D eigenvalue weighted by Gasteiger charge is 2.31. The monoisotopic (exact) mass is 392 g/mol.